The SMILES string of the molecule is O.O.O.O.O.O.O.O.O.O.O.O.O.O.O.O.O.O.O.O.O.O.O.O.O.O.O.O.O.O.[H-].[H-].[Mg+2]. The van der Waals surface area contributed by atoms with E-state index in [1.54, 1.807) is 0 Å². The summed E-state index contributed by atoms with van der Waals surface area (Å²) in [5.41, 5.74) is 0. The Bertz CT molecular complexity index is 17.3. The first-order valence-corrected chi connectivity index (χ1v) is 0. The van der Waals surface area contributed by atoms with E-state index in [2.05, 4.69) is 0 Å². The number of hydrogen-bond donors (Lipinski definition) is 0. The van der Waals surface area contributed by atoms with Gasteiger partial charge in [0.15, 0.2) is 0 Å². The van der Waals surface area contributed by atoms with Crippen molar-refractivity contribution in [1.29, 1.82) is 0 Å². The second-order valence-corrected chi connectivity index (χ2v) is 0. The minimum atomic E-state index is 0. The Morgan fingerprint density at radius 2 is 0.0968 bits per heavy atom. The Labute approximate surface area is 191 Å². The summed E-state index contributed by atoms with van der Waals surface area (Å²) in [4.78, 5) is 0. The van der Waals surface area contributed by atoms with Gasteiger partial charge in [-0.2, -0.15) is 0 Å². The molecule has 0 atom stereocenters. The maximum atomic E-state index is 0. The fourth-order valence-electron chi connectivity index (χ4n) is 0. The molecular formula is H62MgO30. The molecule has 0 unspecified atom stereocenters. The van der Waals surface area contributed by atoms with E-state index < -0.39 is 0 Å². The van der Waals surface area contributed by atoms with Gasteiger partial charge in [-0.05, 0) is 0 Å². The van der Waals surface area contributed by atoms with Crippen molar-refractivity contribution in [3.05, 3.63) is 0 Å². The molecular weight excluding hydrogens is 504 g/mol. The van der Waals surface area contributed by atoms with Gasteiger partial charge in [0, 0.05) is 0 Å². The van der Waals surface area contributed by atoms with E-state index in [1.165, 1.54) is 0 Å². The van der Waals surface area contributed by atoms with Gasteiger partial charge in [-0.1, -0.05) is 0 Å². The van der Waals surface area contributed by atoms with Crippen LogP contribution in [0.25, 0.3) is 0 Å². The predicted octanol–water partition coefficient (Wildman–Crippen LogP) is -24.9. The summed E-state index contributed by atoms with van der Waals surface area (Å²) in [6, 6.07) is 0. The summed E-state index contributed by atoms with van der Waals surface area (Å²) in [6.45, 7) is 0. The van der Waals surface area contributed by atoms with Gasteiger partial charge < -0.3 is 167 Å². The summed E-state index contributed by atoms with van der Waals surface area (Å²) in [5, 5.41) is 0. The minimum Gasteiger partial charge on any atom is -1.00 e. The smallest absolute Gasteiger partial charge is 1.00 e. The Balaban J connectivity index is 0. The van der Waals surface area contributed by atoms with Gasteiger partial charge in [0.05, 0.1) is 0 Å². The van der Waals surface area contributed by atoms with Crippen LogP contribution in [0.4, 0.5) is 0 Å². The molecule has 244 valence electrons. The van der Waals surface area contributed by atoms with E-state index in [-0.39, 0.29) is 190 Å². The summed E-state index contributed by atoms with van der Waals surface area (Å²) < 4.78 is 0. The number of hydrogen-bond acceptors (Lipinski definition) is 0. The second kappa shape index (κ2) is 128000. The van der Waals surface area contributed by atoms with E-state index in [0.29, 0.717) is 0 Å². The van der Waals surface area contributed by atoms with E-state index in [1.807, 2.05) is 0 Å². The van der Waals surface area contributed by atoms with Gasteiger partial charge in [-0.15, -0.1) is 0 Å². The van der Waals surface area contributed by atoms with Crippen LogP contribution in [0.5, 0.6) is 0 Å². The molecule has 0 bridgehead atoms. The van der Waals surface area contributed by atoms with Crippen LogP contribution in [0.15, 0.2) is 0 Å². The molecule has 60 N–H and O–H groups in total. The molecule has 0 fully saturated rings. The molecule has 0 aliphatic rings. The van der Waals surface area contributed by atoms with Crippen molar-refractivity contribution in [3.8, 4) is 0 Å². The number of rotatable bonds is 0. The fourth-order valence-corrected chi connectivity index (χ4v) is 0. The van der Waals surface area contributed by atoms with Crippen molar-refractivity contribution >= 4 is 23.1 Å². The second-order valence-electron chi connectivity index (χ2n) is 0. The maximum absolute atomic E-state index is 0. The van der Waals surface area contributed by atoms with Crippen molar-refractivity contribution in [3.63, 3.8) is 0 Å². The van der Waals surface area contributed by atoms with Crippen LogP contribution in [0.3, 0.4) is 0 Å². The summed E-state index contributed by atoms with van der Waals surface area (Å²) in [5.74, 6) is 0. The third-order valence-corrected chi connectivity index (χ3v) is 0. The molecule has 0 amide bonds. The zero-order valence-corrected chi connectivity index (χ0v) is 17.1. The normalized spacial score (nSPS) is 0. The van der Waals surface area contributed by atoms with Crippen LogP contribution in [-0.4, -0.2) is 187 Å². The largest absolute Gasteiger partial charge is 2.00 e. The molecule has 0 spiro atoms. The van der Waals surface area contributed by atoms with Gasteiger partial charge in [-0.25, -0.2) is 0 Å². The molecule has 0 heterocycles. The van der Waals surface area contributed by atoms with Gasteiger partial charge >= 0.3 is 23.1 Å². The Morgan fingerprint density at radius 1 is 0.0968 bits per heavy atom. The topological polar surface area (TPSA) is 945 Å². The Hall–Kier alpha value is -0.434. The molecule has 30 nitrogen and oxygen atoms in total. The van der Waals surface area contributed by atoms with Crippen LogP contribution in [0, 0.1) is 0 Å². The van der Waals surface area contributed by atoms with E-state index in [0.717, 1.165) is 0 Å². The monoisotopic (exact) mass is 566 g/mol. The molecule has 0 aromatic rings. The molecule has 0 aromatic heterocycles. The van der Waals surface area contributed by atoms with Gasteiger partial charge in [0.2, 0.25) is 0 Å². The standard InChI is InChI=1S/Mg.30H2O.2H/h;30*1H2;;/q+2;;;;;;;;;;;;;;;;;;;;;;;;;;;;;;;2*-1. The molecule has 0 aliphatic heterocycles. The maximum Gasteiger partial charge on any atom is 2.00 e. The quantitative estimate of drug-likeness (QED) is 0.246. The Kier molecular flexibility index (Phi) is 587000000. The van der Waals surface area contributed by atoms with Crippen LogP contribution >= 0.6 is 0 Å². The van der Waals surface area contributed by atoms with Crippen LogP contribution in [0.1, 0.15) is 2.85 Å². The molecule has 31 heteroatoms. The Morgan fingerprint density at radius 3 is 0.0968 bits per heavy atom. The third-order valence-electron chi connectivity index (χ3n) is 0. The third kappa shape index (κ3) is 119000. The molecule has 31 heavy (non-hydrogen) atoms. The first kappa shape index (κ1) is 142000. The average molecular weight is 567 g/mol. The van der Waals surface area contributed by atoms with E-state index in [9.17, 15) is 0 Å². The minimum absolute atomic E-state index is 0. The van der Waals surface area contributed by atoms with Crippen molar-refractivity contribution in [1.82, 2.24) is 0 Å². The zero-order valence-electron chi connectivity index (χ0n) is 17.7. The summed E-state index contributed by atoms with van der Waals surface area (Å²) in [7, 11) is 0. The molecule has 0 aromatic carbocycles. The van der Waals surface area contributed by atoms with Crippen molar-refractivity contribution in [2.24, 2.45) is 0 Å². The van der Waals surface area contributed by atoms with Gasteiger partial charge in [-0.3, -0.25) is 0 Å². The summed E-state index contributed by atoms with van der Waals surface area (Å²) >= 11 is 0. The predicted molar refractivity (Wildman–Crippen MR) is 116 cm³/mol. The van der Waals surface area contributed by atoms with Gasteiger partial charge in [0.1, 0.15) is 0 Å². The first-order chi connectivity index (χ1) is 0. The van der Waals surface area contributed by atoms with Crippen molar-refractivity contribution < 1.29 is 167 Å². The first-order valence-electron chi connectivity index (χ1n) is 0. The zero-order chi connectivity index (χ0) is 0. The molecule has 0 saturated carbocycles. The molecule has 0 radical (unpaired) electrons. The van der Waals surface area contributed by atoms with Crippen LogP contribution in [0.2, 0.25) is 0 Å². The van der Waals surface area contributed by atoms with E-state index in [4.69, 9.17) is 0 Å². The summed E-state index contributed by atoms with van der Waals surface area (Å²) in [6.07, 6.45) is 0. The fraction of sp³-hybridized carbons (Fsp3) is 0. The molecule has 0 saturated heterocycles. The molecule has 0 aliphatic carbocycles. The van der Waals surface area contributed by atoms with Crippen LogP contribution < -0.4 is 0 Å². The molecule has 0 rings (SSSR count). The average Bonchev–Trinajstić information content (AvgIpc) is 0. The van der Waals surface area contributed by atoms with Crippen molar-refractivity contribution in [2.75, 3.05) is 0 Å². The van der Waals surface area contributed by atoms with Gasteiger partial charge in [0.25, 0.3) is 0 Å². The van der Waals surface area contributed by atoms with Crippen molar-refractivity contribution in [2.45, 2.75) is 0 Å². The van der Waals surface area contributed by atoms with Crippen LogP contribution in [-0.2, 0) is 0 Å². The van der Waals surface area contributed by atoms with E-state index >= 15 is 0 Å².